The van der Waals surface area contributed by atoms with E-state index >= 15 is 0 Å². The van der Waals surface area contributed by atoms with Crippen LogP contribution in [0.25, 0.3) is 0 Å². The first kappa shape index (κ1) is 13.5. The quantitative estimate of drug-likeness (QED) is 0.941. The van der Waals surface area contributed by atoms with Crippen LogP contribution < -0.4 is 14.8 Å². The molecule has 1 unspecified atom stereocenters. The number of hydrogen-bond donors (Lipinski definition) is 1. The van der Waals surface area contributed by atoms with Gasteiger partial charge in [-0.25, -0.2) is 0 Å². The number of carbonyl (C=O) groups excluding carboxylic acids is 1. The van der Waals surface area contributed by atoms with Crippen molar-refractivity contribution in [2.75, 3.05) is 19.5 Å². The zero-order chi connectivity index (χ0) is 14.8. The highest BCUT2D eigenvalue weighted by Crippen LogP contribution is 2.41. The molecule has 0 spiro atoms. The highest BCUT2D eigenvalue weighted by Gasteiger charge is 2.28. The summed E-state index contributed by atoms with van der Waals surface area (Å²) in [6.07, 6.45) is 0.437. The Morgan fingerprint density at radius 3 is 2.48 bits per heavy atom. The SMILES string of the molecule is COc1ccc(C2CC(=O)Nc3c(OC)cccc32)cc1. The van der Waals surface area contributed by atoms with Crippen LogP contribution in [-0.2, 0) is 4.79 Å². The zero-order valence-corrected chi connectivity index (χ0v) is 12.1. The number of amides is 1. The van der Waals surface area contributed by atoms with Crippen molar-refractivity contribution in [3.8, 4) is 11.5 Å². The highest BCUT2D eigenvalue weighted by molar-refractivity contribution is 5.97. The van der Waals surface area contributed by atoms with Crippen molar-refractivity contribution in [2.45, 2.75) is 12.3 Å². The fourth-order valence-corrected chi connectivity index (χ4v) is 2.76. The fourth-order valence-electron chi connectivity index (χ4n) is 2.76. The van der Waals surface area contributed by atoms with Gasteiger partial charge in [-0.1, -0.05) is 24.3 Å². The van der Waals surface area contributed by atoms with Gasteiger partial charge in [-0.15, -0.1) is 0 Å². The van der Waals surface area contributed by atoms with E-state index in [9.17, 15) is 4.79 Å². The second-order valence-electron chi connectivity index (χ2n) is 5.00. The predicted molar refractivity (Wildman–Crippen MR) is 81.1 cm³/mol. The van der Waals surface area contributed by atoms with Gasteiger partial charge in [0.1, 0.15) is 11.5 Å². The van der Waals surface area contributed by atoms with Gasteiger partial charge in [0.25, 0.3) is 0 Å². The van der Waals surface area contributed by atoms with Gasteiger partial charge in [-0.05, 0) is 29.3 Å². The van der Waals surface area contributed by atoms with E-state index in [1.54, 1.807) is 14.2 Å². The van der Waals surface area contributed by atoms with Crippen LogP contribution in [0.3, 0.4) is 0 Å². The van der Waals surface area contributed by atoms with Crippen molar-refractivity contribution in [3.63, 3.8) is 0 Å². The van der Waals surface area contributed by atoms with Crippen LogP contribution in [0.1, 0.15) is 23.5 Å². The van der Waals surface area contributed by atoms with Gasteiger partial charge in [0.2, 0.25) is 5.91 Å². The molecule has 0 aromatic heterocycles. The summed E-state index contributed by atoms with van der Waals surface area (Å²) in [6.45, 7) is 0. The number of para-hydroxylation sites is 1. The molecule has 0 fully saturated rings. The molecule has 4 nitrogen and oxygen atoms in total. The van der Waals surface area contributed by atoms with Gasteiger partial charge in [-0.2, -0.15) is 0 Å². The van der Waals surface area contributed by atoms with E-state index in [1.165, 1.54) is 0 Å². The number of nitrogens with one attached hydrogen (secondary N) is 1. The zero-order valence-electron chi connectivity index (χ0n) is 12.1. The number of anilines is 1. The molecule has 21 heavy (non-hydrogen) atoms. The summed E-state index contributed by atoms with van der Waals surface area (Å²) >= 11 is 0. The molecule has 1 heterocycles. The molecule has 1 atom stereocenters. The van der Waals surface area contributed by atoms with Gasteiger partial charge in [-0.3, -0.25) is 4.79 Å². The summed E-state index contributed by atoms with van der Waals surface area (Å²) in [5.74, 6) is 1.55. The lowest BCUT2D eigenvalue weighted by Crippen LogP contribution is -2.24. The van der Waals surface area contributed by atoms with E-state index in [-0.39, 0.29) is 11.8 Å². The smallest absolute Gasteiger partial charge is 0.225 e. The van der Waals surface area contributed by atoms with E-state index in [4.69, 9.17) is 9.47 Å². The number of ether oxygens (including phenoxy) is 2. The van der Waals surface area contributed by atoms with Crippen LogP contribution in [0, 0.1) is 0 Å². The lowest BCUT2D eigenvalue weighted by atomic mass is 9.84. The van der Waals surface area contributed by atoms with Crippen LogP contribution in [0.4, 0.5) is 5.69 Å². The van der Waals surface area contributed by atoms with Gasteiger partial charge in [0.05, 0.1) is 19.9 Å². The monoisotopic (exact) mass is 283 g/mol. The van der Waals surface area contributed by atoms with Gasteiger partial charge in [0.15, 0.2) is 0 Å². The predicted octanol–water partition coefficient (Wildman–Crippen LogP) is 3.18. The number of rotatable bonds is 3. The number of hydrogen-bond acceptors (Lipinski definition) is 3. The van der Waals surface area contributed by atoms with Crippen LogP contribution in [0.5, 0.6) is 11.5 Å². The molecule has 1 amide bonds. The van der Waals surface area contributed by atoms with Gasteiger partial charge in [0, 0.05) is 12.3 Å². The molecule has 0 bridgehead atoms. The van der Waals surface area contributed by atoms with E-state index in [2.05, 4.69) is 5.32 Å². The maximum atomic E-state index is 12.0. The molecule has 4 heteroatoms. The molecule has 1 aliphatic heterocycles. The molecule has 2 aromatic rings. The van der Waals surface area contributed by atoms with Gasteiger partial charge < -0.3 is 14.8 Å². The molecule has 0 saturated carbocycles. The van der Waals surface area contributed by atoms with Crippen LogP contribution in [0.15, 0.2) is 42.5 Å². The number of benzene rings is 2. The average molecular weight is 283 g/mol. The number of carbonyl (C=O) groups is 1. The molecular weight excluding hydrogens is 266 g/mol. The average Bonchev–Trinajstić information content (AvgIpc) is 2.53. The molecule has 2 aromatic carbocycles. The second kappa shape index (κ2) is 5.48. The summed E-state index contributed by atoms with van der Waals surface area (Å²) in [6, 6.07) is 13.7. The minimum atomic E-state index is 0.00724. The topological polar surface area (TPSA) is 47.6 Å². The summed E-state index contributed by atoms with van der Waals surface area (Å²) in [4.78, 5) is 12.0. The van der Waals surface area contributed by atoms with Crippen LogP contribution >= 0.6 is 0 Å². The first-order valence-corrected chi connectivity index (χ1v) is 6.83. The minimum Gasteiger partial charge on any atom is -0.497 e. The molecule has 0 saturated heterocycles. The number of methoxy groups -OCH3 is 2. The largest absolute Gasteiger partial charge is 0.497 e. The van der Waals surface area contributed by atoms with E-state index in [1.807, 2.05) is 42.5 Å². The molecule has 0 aliphatic carbocycles. The Morgan fingerprint density at radius 2 is 1.81 bits per heavy atom. The summed E-state index contributed by atoms with van der Waals surface area (Å²) in [5.41, 5.74) is 2.95. The van der Waals surface area contributed by atoms with Crippen molar-refractivity contribution in [1.29, 1.82) is 0 Å². The molecule has 108 valence electrons. The Morgan fingerprint density at radius 1 is 1.05 bits per heavy atom. The van der Waals surface area contributed by atoms with Gasteiger partial charge >= 0.3 is 0 Å². The first-order valence-electron chi connectivity index (χ1n) is 6.83. The van der Waals surface area contributed by atoms with E-state index in [0.29, 0.717) is 12.2 Å². The number of fused-ring (bicyclic) bond motifs is 1. The molecule has 1 aliphatic rings. The Labute approximate surface area is 123 Å². The first-order chi connectivity index (χ1) is 10.2. The maximum absolute atomic E-state index is 12.0. The Balaban J connectivity index is 2.06. The van der Waals surface area contributed by atoms with Crippen molar-refractivity contribution in [1.82, 2.24) is 0 Å². The van der Waals surface area contributed by atoms with E-state index < -0.39 is 0 Å². The molecule has 3 rings (SSSR count). The lowest BCUT2D eigenvalue weighted by Gasteiger charge is -2.27. The van der Waals surface area contributed by atoms with Crippen molar-refractivity contribution in [3.05, 3.63) is 53.6 Å². The van der Waals surface area contributed by atoms with Crippen molar-refractivity contribution < 1.29 is 14.3 Å². The van der Waals surface area contributed by atoms with Crippen molar-refractivity contribution >= 4 is 11.6 Å². The fraction of sp³-hybridized carbons (Fsp3) is 0.235. The maximum Gasteiger partial charge on any atom is 0.225 e. The Kier molecular flexibility index (Phi) is 3.52. The third-order valence-corrected chi connectivity index (χ3v) is 3.83. The standard InChI is InChI=1S/C17H17NO3/c1-20-12-8-6-11(7-9-12)14-10-16(19)18-17-13(14)4-3-5-15(17)21-2/h3-9,14H,10H2,1-2H3,(H,18,19). The minimum absolute atomic E-state index is 0.00724. The van der Waals surface area contributed by atoms with Crippen LogP contribution in [-0.4, -0.2) is 20.1 Å². The Bertz CT molecular complexity index is 664. The Hall–Kier alpha value is -2.49. The molecule has 1 N–H and O–H groups in total. The third kappa shape index (κ3) is 2.44. The van der Waals surface area contributed by atoms with Crippen molar-refractivity contribution in [2.24, 2.45) is 0 Å². The summed E-state index contributed by atoms with van der Waals surface area (Å²) in [5, 5.41) is 2.91. The summed E-state index contributed by atoms with van der Waals surface area (Å²) in [7, 11) is 3.25. The molecular formula is C17H17NO3. The lowest BCUT2D eigenvalue weighted by molar-refractivity contribution is -0.116. The molecule has 0 radical (unpaired) electrons. The highest BCUT2D eigenvalue weighted by atomic mass is 16.5. The third-order valence-electron chi connectivity index (χ3n) is 3.83. The van der Waals surface area contributed by atoms with Crippen LogP contribution in [0.2, 0.25) is 0 Å². The van der Waals surface area contributed by atoms with E-state index in [0.717, 1.165) is 22.6 Å². The normalized spacial score (nSPS) is 16.9. The second-order valence-corrected chi connectivity index (χ2v) is 5.00. The summed E-state index contributed by atoms with van der Waals surface area (Å²) < 4.78 is 10.5.